The van der Waals surface area contributed by atoms with Crippen molar-refractivity contribution in [3.63, 3.8) is 0 Å². The number of rotatable bonds is 4. The maximum absolute atomic E-state index is 11.1. The first-order valence-corrected chi connectivity index (χ1v) is 5.11. The second kappa shape index (κ2) is 4.18. The molecular formula is C10H18N2O3. The summed E-state index contributed by atoms with van der Waals surface area (Å²) in [4.78, 5) is 23.9. The summed E-state index contributed by atoms with van der Waals surface area (Å²) in [5.74, 6) is -1.20. The molecule has 86 valence electrons. The second-order valence-corrected chi connectivity index (χ2v) is 4.72. The summed E-state index contributed by atoms with van der Waals surface area (Å²) in [6, 6.07) is -0.288. The topological polar surface area (TPSA) is 83.6 Å². The zero-order valence-corrected chi connectivity index (χ0v) is 9.19. The van der Waals surface area contributed by atoms with E-state index in [0.29, 0.717) is 6.54 Å². The van der Waals surface area contributed by atoms with Gasteiger partial charge in [-0.1, -0.05) is 0 Å². The summed E-state index contributed by atoms with van der Waals surface area (Å²) >= 11 is 0. The highest BCUT2D eigenvalue weighted by Crippen LogP contribution is 2.24. The van der Waals surface area contributed by atoms with E-state index in [2.05, 4.69) is 0 Å². The van der Waals surface area contributed by atoms with Crippen LogP contribution in [0.5, 0.6) is 0 Å². The van der Waals surface area contributed by atoms with Crippen molar-refractivity contribution in [2.75, 3.05) is 13.1 Å². The van der Waals surface area contributed by atoms with Gasteiger partial charge in [-0.15, -0.1) is 0 Å². The van der Waals surface area contributed by atoms with Crippen LogP contribution in [0.3, 0.4) is 0 Å². The number of carboxylic acids is 1. The van der Waals surface area contributed by atoms with Gasteiger partial charge < -0.3 is 10.8 Å². The first-order valence-electron chi connectivity index (χ1n) is 5.11. The van der Waals surface area contributed by atoms with Gasteiger partial charge in [0, 0.05) is 6.54 Å². The second-order valence-electron chi connectivity index (χ2n) is 4.72. The van der Waals surface area contributed by atoms with E-state index in [1.165, 1.54) is 0 Å². The van der Waals surface area contributed by atoms with Gasteiger partial charge in [-0.05, 0) is 33.2 Å². The predicted molar refractivity (Wildman–Crippen MR) is 55.2 cm³/mol. The molecule has 0 saturated carbocycles. The third-order valence-electron chi connectivity index (χ3n) is 2.87. The molecule has 0 radical (unpaired) electrons. The zero-order valence-electron chi connectivity index (χ0n) is 9.19. The zero-order chi connectivity index (χ0) is 11.6. The van der Waals surface area contributed by atoms with E-state index in [4.69, 9.17) is 10.8 Å². The van der Waals surface area contributed by atoms with Crippen molar-refractivity contribution >= 4 is 11.9 Å². The number of hydrogen-bond donors (Lipinski definition) is 2. The number of carbonyl (C=O) groups excluding carboxylic acids is 1. The van der Waals surface area contributed by atoms with Gasteiger partial charge in [-0.3, -0.25) is 14.5 Å². The van der Waals surface area contributed by atoms with Crippen LogP contribution in [0.25, 0.3) is 0 Å². The van der Waals surface area contributed by atoms with E-state index in [0.717, 1.165) is 19.4 Å². The maximum atomic E-state index is 11.1. The molecule has 0 aromatic carbocycles. The van der Waals surface area contributed by atoms with Crippen molar-refractivity contribution in [1.82, 2.24) is 4.90 Å². The summed E-state index contributed by atoms with van der Waals surface area (Å²) in [6.07, 6.45) is 1.65. The van der Waals surface area contributed by atoms with Crippen LogP contribution in [0.4, 0.5) is 0 Å². The van der Waals surface area contributed by atoms with Gasteiger partial charge in [0.05, 0.1) is 11.5 Å². The van der Waals surface area contributed by atoms with E-state index in [9.17, 15) is 9.59 Å². The van der Waals surface area contributed by atoms with Crippen molar-refractivity contribution in [1.29, 1.82) is 0 Å². The molecule has 0 aromatic rings. The normalized spacial score (nSPS) is 22.9. The Labute approximate surface area is 89.2 Å². The highest BCUT2D eigenvalue weighted by molar-refractivity contribution is 5.80. The standard InChI is InChI=1S/C10H18N2O3/c1-10(2,9(14)15)6-12-5-3-4-7(12)8(11)13/h7H,3-6H2,1-2H3,(H2,11,13)(H,14,15). The van der Waals surface area contributed by atoms with Crippen LogP contribution in [-0.4, -0.2) is 41.0 Å². The molecule has 1 amide bonds. The number of aliphatic carboxylic acids is 1. The van der Waals surface area contributed by atoms with Gasteiger partial charge in [-0.25, -0.2) is 0 Å². The predicted octanol–water partition coefficient (Wildman–Crippen LogP) is 0.0469. The van der Waals surface area contributed by atoms with Crippen LogP contribution in [0.2, 0.25) is 0 Å². The highest BCUT2D eigenvalue weighted by Gasteiger charge is 2.36. The first-order chi connectivity index (χ1) is 6.84. The molecule has 3 N–H and O–H groups in total. The summed E-state index contributed by atoms with van der Waals surface area (Å²) in [5, 5.41) is 8.98. The highest BCUT2D eigenvalue weighted by atomic mass is 16.4. The van der Waals surface area contributed by atoms with E-state index in [-0.39, 0.29) is 11.9 Å². The lowest BCUT2D eigenvalue weighted by atomic mass is 9.93. The van der Waals surface area contributed by atoms with Crippen LogP contribution in [0, 0.1) is 5.41 Å². The lowest BCUT2D eigenvalue weighted by molar-refractivity contribution is -0.148. The minimum absolute atomic E-state index is 0.288. The maximum Gasteiger partial charge on any atom is 0.310 e. The summed E-state index contributed by atoms with van der Waals surface area (Å²) in [7, 11) is 0. The molecule has 1 aliphatic heterocycles. The van der Waals surface area contributed by atoms with Crippen molar-refractivity contribution in [3.05, 3.63) is 0 Å². The number of carbonyl (C=O) groups is 2. The van der Waals surface area contributed by atoms with Crippen LogP contribution < -0.4 is 5.73 Å². The van der Waals surface area contributed by atoms with Crippen LogP contribution >= 0.6 is 0 Å². The first kappa shape index (κ1) is 12.0. The minimum Gasteiger partial charge on any atom is -0.481 e. The van der Waals surface area contributed by atoms with Crippen molar-refractivity contribution < 1.29 is 14.7 Å². The summed E-state index contributed by atoms with van der Waals surface area (Å²) in [5.41, 5.74) is 4.42. The summed E-state index contributed by atoms with van der Waals surface area (Å²) < 4.78 is 0. The molecule has 0 bridgehead atoms. The Morgan fingerprint density at radius 3 is 2.60 bits per heavy atom. The van der Waals surface area contributed by atoms with Gasteiger partial charge in [-0.2, -0.15) is 0 Å². The minimum atomic E-state index is -0.849. The van der Waals surface area contributed by atoms with E-state index in [1.54, 1.807) is 13.8 Å². The van der Waals surface area contributed by atoms with E-state index < -0.39 is 11.4 Å². The lowest BCUT2D eigenvalue weighted by Gasteiger charge is -2.29. The Bertz CT molecular complexity index is 276. The molecule has 0 aromatic heterocycles. The molecule has 15 heavy (non-hydrogen) atoms. The number of amides is 1. The van der Waals surface area contributed by atoms with E-state index >= 15 is 0 Å². The lowest BCUT2D eigenvalue weighted by Crippen LogP contribution is -2.46. The molecule has 0 spiro atoms. The quantitative estimate of drug-likeness (QED) is 0.692. The van der Waals surface area contributed by atoms with Gasteiger partial charge in [0.2, 0.25) is 5.91 Å². The number of nitrogens with zero attached hydrogens (tertiary/aromatic N) is 1. The molecule has 1 rings (SSSR count). The van der Waals surface area contributed by atoms with Crippen LogP contribution in [-0.2, 0) is 9.59 Å². The molecule has 1 saturated heterocycles. The molecule has 1 aliphatic rings. The van der Waals surface area contributed by atoms with Gasteiger partial charge in [0.25, 0.3) is 0 Å². The van der Waals surface area contributed by atoms with Crippen LogP contribution in [0.1, 0.15) is 26.7 Å². The molecular weight excluding hydrogens is 196 g/mol. The van der Waals surface area contributed by atoms with E-state index in [1.807, 2.05) is 4.90 Å². The number of hydrogen-bond acceptors (Lipinski definition) is 3. The molecule has 1 fully saturated rings. The number of likely N-dealkylation sites (tertiary alicyclic amines) is 1. The molecule has 0 aliphatic carbocycles. The Kier molecular flexibility index (Phi) is 3.34. The Morgan fingerprint density at radius 2 is 2.13 bits per heavy atom. The Balaban J connectivity index is 2.65. The largest absolute Gasteiger partial charge is 0.481 e. The molecule has 1 heterocycles. The van der Waals surface area contributed by atoms with Gasteiger partial charge in [0.15, 0.2) is 0 Å². The monoisotopic (exact) mass is 214 g/mol. The molecule has 5 heteroatoms. The molecule has 1 unspecified atom stereocenters. The number of primary amides is 1. The Morgan fingerprint density at radius 1 is 1.53 bits per heavy atom. The van der Waals surface area contributed by atoms with Gasteiger partial charge >= 0.3 is 5.97 Å². The van der Waals surface area contributed by atoms with Crippen molar-refractivity contribution in [3.8, 4) is 0 Å². The van der Waals surface area contributed by atoms with Gasteiger partial charge in [0.1, 0.15) is 0 Å². The molecule has 1 atom stereocenters. The SMILES string of the molecule is CC(C)(CN1CCCC1C(N)=O)C(=O)O. The number of nitrogens with two attached hydrogens (primary N) is 1. The average Bonchev–Trinajstić information content (AvgIpc) is 2.51. The fourth-order valence-electron chi connectivity index (χ4n) is 1.91. The van der Waals surface area contributed by atoms with Crippen LogP contribution in [0.15, 0.2) is 0 Å². The fraction of sp³-hybridized carbons (Fsp3) is 0.800. The Hall–Kier alpha value is -1.10. The summed E-state index contributed by atoms with van der Waals surface area (Å²) in [6.45, 7) is 4.44. The van der Waals surface area contributed by atoms with Crippen molar-refractivity contribution in [2.24, 2.45) is 11.1 Å². The smallest absolute Gasteiger partial charge is 0.310 e. The molecule has 5 nitrogen and oxygen atoms in total. The fourth-order valence-corrected chi connectivity index (χ4v) is 1.91. The third-order valence-corrected chi connectivity index (χ3v) is 2.87. The average molecular weight is 214 g/mol. The van der Waals surface area contributed by atoms with Crippen molar-refractivity contribution in [2.45, 2.75) is 32.7 Å². The third kappa shape index (κ3) is 2.68. The number of carboxylic acid groups (broad SMARTS) is 1.